The molecule has 0 aromatic carbocycles. The maximum atomic E-state index is 5.72. The van der Waals surface area contributed by atoms with E-state index in [9.17, 15) is 0 Å². The number of ether oxygens (including phenoxy) is 1. The second kappa shape index (κ2) is 5.94. The summed E-state index contributed by atoms with van der Waals surface area (Å²) in [5.41, 5.74) is 5.70. The van der Waals surface area contributed by atoms with Crippen molar-refractivity contribution in [3.8, 4) is 0 Å². The van der Waals surface area contributed by atoms with Crippen molar-refractivity contribution in [1.82, 2.24) is 4.90 Å². The van der Waals surface area contributed by atoms with Crippen molar-refractivity contribution < 1.29 is 4.74 Å². The summed E-state index contributed by atoms with van der Waals surface area (Å²) in [6, 6.07) is 0. The molecular formula is C12H24N2OS. The Morgan fingerprint density at radius 3 is 2.44 bits per heavy atom. The Bertz CT molecular complexity index is 235. The van der Waals surface area contributed by atoms with Crippen molar-refractivity contribution in [2.45, 2.75) is 39.2 Å². The van der Waals surface area contributed by atoms with Crippen molar-refractivity contribution in [2.24, 2.45) is 11.1 Å². The zero-order valence-electron chi connectivity index (χ0n) is 10.7. The third-order valence-corrected chi connectivity index (χ3v) is 4.14. The molecule has 2 N–H and O–H groups in total. The molecule has 0 saturated carbocycles. The van der Waals surface area contributed by atoms with Gasteiger partial charge >= 0.3 is 0 Å². The molecule has 0 amide bonds. The fraction of sp³-hybridized carbons (Fsp3) is 0.917. The Hall–Kier alpha value is -0.190. The molecule has 16 heavy (non-hydrogen) atoms. The number of hydrogen-bond donors (Lipinski definition) is 1. The van der Waals surface area contributed by atoms with E-state index in [0.29, 0.717) is 11.1 Å². The number of rotatable bonds is 5. The average Bonchev–Trinajstić information content (AvgIpc) is 2.27. The molecule has 0 aromatic heterocycles. The fourth-order valence-electron chi connectivity index (χ4n) is 1.93. The Labute approximate surface area is 104 Å². The van der Waals surface area contributed by atoms with Crippen LogP contribution in [0.2, 0.25) is 0 Å². The van der Waals surface area contributed by atoms with Gasteiger partial charge < -0.3 is 15.4 Å². The first-order valence-electron chi connectivity index (χ1n) is 6.01. The molecule has 1 rings (SSSR count). The van der Waals surface area contributed by atoms with E-state index in [1.807, 2.05) is 0 Å². The highest BCUT2D eigenvalue weighted by Gasteiger charge is 2.24. The van der Waals surface area contributed by atoms with Crippen LogP contribution in [0.5, 0.6) is 0 Å². The van der Waals surface area contributed by atoms with Crippen LogP contribution >= 0.6 is 12.2 Å². The summed E-state index contributed by atoms with van der Waals surface area (Å²) in [5.74, 6) is 0. The molecule has 1 aliphatic rings. The van der Waals surface area contributed by atoms with Crippen molar-refractivity contribution in [2.75, 3.05) is 26.7 Å². The first-order valence-corrected chi connectivity index (χ1v) is 6.41. The number of methoxy groups -OCH3 is 1. The van der Waals surface area contributed by atoms with Gasteiger partial charge in [0.15, 0.2) is 0 Å². The minimum absolute atomic E-state index is 0.0204. The predicted octanol–water partition coefficient (Wildman–Crippen LogP) is 1.80. The topological polar surface area (TPSA) is 38.5 Å². The van der Waals surface area contributed by atoms with Gasteiger partial charge in [0, 0.05) is 25.6 Å². The summed E-state index contributed by atoms with van der Waals surface area (Å²) in [4.78, 5) is 3.11. The maximum absolute atomic E-state index is 5.72. The molecule has 0 aromatic rings. The number of thiocarbonyl (C=S) groups is 1. The van der Waals surface area contributed by atoms with Gasteiger partial charge in [-0.25, -0.2) is 0 Å². The Balaban J connectivity index is 2.27. The van der Waals surface area contributed by atoms with E-state index in [1.54, 1.807) is 7.11 Å². The van der Waals surface area contributed by atoms with Crippen LogP contribution in [0.15, 0.2) is 0 Å². The summed E-state index contributed by atoms with van der Waals surface area (Å²) < 4.78 is 5.36. The van der Waals surface area contributed by atoms with Gasteiger partial charge in [-0.2, -0.15) is 0 Å². The van der Waals surface area contributed by atoms with E-state index in [4.69, 9.17) is 22.7 Å². The third kappa shape index (κ3) is 4.00. The first kappa shape index (κ1) is 13.9. The Morgan fingerprint density at radius 2 is 2.00 bits per heavy atom. The molecule has 0 radical (unpaired) electrons. The number of hydrogen-bond acceptors (Lipinski definition) is 3. The number of piperidine rings is 1. The van der Waals surface area contributed by atoms with Crippen LogP contribution < -0.4 is 5.73 Å². The molecule has 0 bridgehead atoms. The normalized spacial score (nSPS) is 19.9. The minimum Gasteiger partial charge on any atom is -0.393 e. The van der Waals surface area contributed by atoms with Gasteiger partial charge in [0.25, 0.3) is 0 Å². The lowest BCUT2D eigenvalue weighted by Gasteiger charge is -2.33. The van der Waals surface area contributed by atoms with Crippen molar-refractivity contribution in [3.05, 3.63) is 0 Å². The monoisotopic (exact) mass is 244 g/mol. The summed E-state index contributed by atoms with van der Waals surface area (Å²) in [6.07, 6.45) is 3.79. The van der Waals surface area contributed by atoms with Crippen LogP contribution in [-0.4, -0.2) is 42.7 Å². The van der Waals surface area contributed by atoms with Gasteiger partial charge in [0.1, 0.15) is 0 Å². The number of likely N-dealkylation sites (tertiary alicyclic amines) is 1. The molecule has 4 heteroatoms. The molecule has 0 spiro atoms. The molecule has 0 aliphatic carbocycles. The van der Waals surface area contributed by atoms with Crippen molar-refractivity contribution in [3.63, 3.8) is 0 Å². The molecule has 1 saturated heterocycles. The molecule has 1 aliphatic heterocycles. The quantitative estimate of drug-likeness (QED) is 0.749. The first-order chi connectivity index (χ1) is 7.45. The minimum atomic E-state index is -0.0204. The van der Waals surface area contributed by atoms with E-state index in [0.717, 1.165) is 38.9 Å². The second-order valence-electron chi connectivity index (χ2n) is 5.27. The van der Waals surface area contributed by atoms with Gasteiger partial charge in [-0.05, 0) is 25.8 Å². The number of nitrogens with zero attached hydrogens (tertiary/aromatic N) is 1. The van der Waals surface area contributed by atoms with Gasteiger partial charge in [-0.15, -0.1) is 0 Å². The van der Waals surface area contributed by atoms with Gasteiger partial charge in [0.05, 0.1) is 11.1 Å². The van der Waals surface area contributed by atoms with Gasteiger partial charge in [0.2, 0.25) is 0 Å². The van der Waals surface area contributed by atoms with Crippen LogP contribution in [0.4, 0.5) is 0 Å². The van der Waals surface area contributed by atoms with Crippen LogP contribution in [0.3, 0.4) is 0 Å². The highest BCUT2D eigenvalue weighted by atomic mass is 32.1. The summed E-state index contributed by atoms with van der Waals surface area (Å²) in [5, 5.41) is 0. The van der Waals surface area contributed by atoms with E-state index in [1.165, 1.54) is 0 Å². The smallest absolute Gasteiger partial charge is 0.0784 e. The van der Waals surface area contributed by atoms with Crippen LogP contribution in [0.25, 0.3) is 0 Å². The Morgan fingerprint density at radius 1 is 1.44 bits per heavy atom. The molecular weight excluding hydrogens is 220 g/mol. The molecule has 1 heterocycles. The molecule has 0 unspecified atom stereocenters. The standard InChI is InChI=1S/C12H24N2OS/c1-12(2,11(13)16)6-9-14-7-4-10(15-3)5-8-14/h10H,4-9H2,1-3H3,(H2,13,16). The lowest BCUT2D eigenvalue weighted by atomic mass is 9.89. The Kier molecular flexibility index (Phi) is 5.15. The predicted molar refractivity (Wildman–Crippen MR) is 71.7 cm³/mol. The fourth-order valence-corrected chi connectivity index (χ4v) is 2.03. The molecule has 94 valence electrons. The molecule has 3 nitrogen and oxygen atoms in total. The lowest BCUT2D eigenvalue weighted by molar-refractivity contribution is 0.0393. The van der Waals surface area contributed by atoms with Crippen molar-refractivity contribution in [1.29, 1.82) is 0 Å². The van der Waals surface area contributed by atoms with Crippen LogP contribution in [0, 0.1) is 5.41 Å². The average molecular weight is 244 g/mol. The van der Waals surface area contributed by atoms with Gasteiger partial charge in [-0.3, -0.25) is 0 Å². The van der Waals surface area contributed by atoms with E-state index < -0.39 is 0 Å². The van der Waals surface area contributed by atoms with Crippen LogP contribution in [0.1, 0.15) is 33.1 Å². The summed E-state index contributed by atoms with van der Waals surface area (Å²) >= 11 is 5.08. The zero-order valence-corrected chi connectivity index (χ0v) is 11.5. The van der Waals surface area contributed by atoms with E-state index in [-0.39, 0.29) is 5.41 Å². The SMILES string of the molecule is COC1CCN(CCC(C)(C)C(N)=S)CC1. The highest BCUT2D eigenvalue weighted by molar-refractivity contribution is 7.80. The zero-order chi connectivity index (χ0) is 12.2. The van der Waals surface area contributed by atoms with Crippen LogP contribution in [-0.2, 0) is 4.74 Å². The third-order valence-electron chi connectivity index (χ3n) is 3.59. The highest BCUT2D eigenvalue weighted by Crippen LogP contribution is 2.22. The van der Waals surface area contributed by atoms with Crippen molar-refractivity contribution >= 4 is 17.2 Å². The molecule has 1 fully saturated rings. The van der Waals surface area contributed by atoms with Gasteiger partial charge in [-0.1, -0.05) is 26.1 Å². The summed E-state index contributed by atoms with van der Waals surface area (Å²) in [7, 11) is 1.80. The molecule has 0 atom stereocenters. The lowest BCUT2D eigenvalue weighted by Crippen LogP contribution is -2.40. The largest absolute Gasteiger partial charge is 0.393 e. The van der Waals surface area contributed by atoms with E-state index >= 15 is 0 Å². The second-order valence-corrected chi connectivity index (χ2v) is 5.71. The number of nitrogens with two attached hydrogens (primary N) is 1. The van der Waals surface area contributed by atoms with E-state index in [2.05, 4.69) is 18.7 Å². The summed E-state index contributed by atoms with van der Waals surface area (Å²) in [6.45, 7) is 7.59. The maximum Gasteiger partial charge on any atom is 0.0784 e.